The van der Waals surface area contributed by atoms with Crippen molar-refractivity contribution in [2.45, 2.75) is 6.92 Å². The van der Waals surface area contributed by atoms with Crippen LogP contribution in [0.4, 0.5) is 0 Å². The average Bonchev–Trinajstić information content (AvgIpc) is 2.38. The summed E-state index contributed by atoms with van der Waals surface area (Å²) in [4.78, 5) is 18.7. The monoisotopic (exact) mass is 236 g/mol. The molecule has 0 aliphatic heterocycles. The van der Waals surface area contributed by atoms with Crippen molar-refractivity contribution in [2.24, 2.45) is 0 Å². The van der Waals surface area contributed by atoms with Crippen molar-refractivity contribution in [1.82, 2.24) is 9.97 Å². The number of nitrogens with zero attached hydrogens (tertiary/aromatic N) is 1. The molecular weight excluding hydrogens is 224 g/mol. The van der Waals surface area contributed by atoms with Gasteiger partial charge in [0.25, 0.3) is 0 Å². The van der Waals surface area contributed by atoms with Gasteiger partial charge in [-0.2, -0.15) is 0 Å². The van der Waals surface area contributed by atoms with Crippen LogP contribution >= 0.6 is 0 Å². The van der Waals surface area contributed by atoms with Gasteiger partial charge in [0.15, 0.2) is 0 Å². The van der Waals surface area contributed by atoms with E-state index in [1.54, 1.807) is 12.3 Å². The third-order valence-corrected chi connectivity index (χ3v) is 3.03. The fourth-order valence-corrected chi connectivity index (χ4v) is 2.21. The Morgan fingerprint density at radius 3 is 2.78 bits per heavy atom. The number of aromatic amines is 1. The van der Waals surface area contributed by atoms with Gasteiger partial charge in [0, 0.05) is 28.9 Å². The maximum Gasteiger partial charge on any atom is 0.248 e. The van der Waals surface area contributed by atoms with Crippen molar-refractivity contribution in [3.8, 4) is 11.3 Å². The first-order chi connectivity index (χ1) is 8.75. The predicted molar refractivity (Wildman–Crippen MR) is 72.5 cm³/mol. The van der Waals surface area contributed by atoms with Gasteiger partial charge >= 0.3 is 0 Å². The molecule has 0 fully saturated rings. The zero-order chi connectivity index (χ0) is 12.5. The number of pyridine rings is 2. The minimum atomic E-state index is -0.0900. The second-order valence-electron chi connectivity index (χ2n) is 4.26. The summed E-state index contributed by atoms with van der Waals surface area (Å²) in [5.74, 6) is 0. The highest BCUT2D eigenvalue weighted by molar-refractivity contribution is 5.95. The van der Waals surface area contributed by atoms with Crippen molar-refractivity contribution in [1.29, 1.82) is 0 Å². The zero-order valence-electron chi connectivity index (χ0n) is 9.97. The Hall–Kier alpha value is -2.42. The van der Waals surface area contributed by atoms with Crippen LogP contribution in [-0.2, 0) is 0 Å². The minimum Gasteiger partial charge on any atom is -0.322 e. The second kappa shape index (κ2) is 4.11. The van der Waals surface area contributed by atoms with E-state index in [4.69, 9.17) is 0 Å². The van der Waals surface area contributed by atoms with Gasteiger partial charge in [0.1, 0.15) is 0 Å². The first-order valence-electron chi connectivity index (χ1n) is 5.80. The number of fused-ring (bicyclic) bond motifs is 1. The molecule has 2 heterocycles. The Kier molecular flexibility index (Phi) is 2.45. The Bertz CT molecular complexity index is 775. The van der Waals surface area contributed by atoms with Gasteiger partial charge in [0.2, 0.25) is 5.56 Å². The number of nitrogens with one attached hydrogen (secondary N) is 1. The number of aryl methyl sites for hydroxylation is 1. The van der Waals surface area contributed by atoms with E-state index >= 15 is 0 Å². The third kappa shape index (κ3) is 1.70. The van der Waals surface area contributed by atoms with Gasteiger partial charge in [-0.05, 0) is 30.7 Å². The number of hydrogen-bond acceptors (Lipinski definition) is 2. The van der Waals surface area contributed by atoms with Gasteiger partial charge in [-0.1, -0.05) is 18.2 Å². The number of H-pyrrole nitrogens is 1. The molecule has 0 aliphatic carbocycles. The van der Waals surface area contributed by atoms with Gasteiger partial charge in [-0.3, -0.25) is 9.78 Å². The summed E-state index contributed by atoms with van der Waals surface area (Å²) in [5, 5.41) is 1.05. The van der Waals surface area contributed by atoms with E-state index < -0.39 is 0 Å². The molecule has 0 unspecified atom stereocenters. The minimum absolute atomic E-state index is 0.0900. The number of hydrogen-bond donors (Lipinski definition) is 1. The van der Waals surface area contributed by atoms with Crippen molar-refractivity contribution in [3.63, 3.8) is 0 Å². The molecule has 0 bridgehead atoms. The Labute approximate surface area is 104 Å². The molecule has 0 saturated carbocycles. The van der Waals surface area contributed by atoms with Crippen LogP contribution in [0.1, 0.15) is 5.56 Å². The third-order valence-electron chi connectivity index (χ3n) is 3.03. The molecule has 1 N–H and O–H groups in total. The predicted octanol–water partition coefficient (Wildman–Crippen LogP) is 2.90. The maximum absolute atomic E-state index is 11.4. The lowest BCUT2D eigenvalue weighted by atomic mass is 9.99. The SMILES string of the molecule is Cc1ccc2ncccc2c1-c1cccc(=O)[nH]1. The lowest BCUT2D eigenvalue weighted by molar-refractivity contribution is 1.24. The van der Waals surface area contributed by atoms with Crippen LogP contribution in [0.15, 0.2) is 53.5 Å². The molecule has 88 valence electrons. The molecule has 0 saturated heterocycles. The van der Waals surface area contributed by atoms with Crippen LogP contribution in [0.5, 0.6) is 0 Å². The summed E-state index contributed by atoms with van der Waals surface area (Å²) in [6.07, 6.45) is 1.77. The molecule has 0 aliphatic rings. The molecule has 18 heavy (non-hydrogen) atoms. The summed E-state index contributed by atoms with van der Waals surface area (Å²) in [5.41, 5.74) is 3.84. The summed E-state index contributed by atoms with van der Waals surface area (Å²) in [6, 6.07) is 13.1. The highest BCUT2D eigenvalue weighted by Gasteiger charge is 2.08. The highest BCUT2D eigenvalue weighted by atomic mass is 16.1. The number of aromatic nitrogens is 2. The Morgan fingerprint density at radius 1 is 1.06 bits per heavy atom. The smallest absolute Gasteiger partial charge is 0.248 e. The first-order valence-corrected chi connectivity index (χ1v) is 5.80. The van der Waals surface area contributed by atoms with Gasteiger partial charge < -0.3 is 4.98 Å². The van der Waals surface area contributed by atoms with E-state index in [2.05, 4.69) is 9.97 Å². The van der Waals surface area contributed by atoms with Crippen LogP contribution in [0.25, 0.3) is 22.2 Å². The summed E-state index contributed by atoms with van der Waals surface area (Å²) >= 11 is 0. The highest BCUT2D eigenvalue weighted by Crippen LogP contribution is 2.28. The fraction of sp³-hybridized carbons (Fsp3) is 0.0667. The molecular formula is C15H12N2O. The van der Waals surface area contributed by atoms with E-state index in [1.165, 1.54) is 6.07 Å². The Morgan fingerprint density at radius 2 is 1.94 bits per heavy atom. The average molecular weight is 236 g/mol. The summed E-state index contributed by atoms with van der Waals surface area (Å²) < 4.78 is 0. The number of benzene rings is 1. The van der Waals surface area contributed by atoms with Crippen LogP contribution in [0.3, 0.4) is 0 Å². The molecule has 3 heteroatoms. The molecule has 3 rings (SSSR count). The maximum atomic E-state index is 11.4. The molecule has 0 atom stereocenters. The van der Waals surface area contributed by atoms with Crippen LogP contribution in [-0.4, -0.2) is 9.97 Å². The van der Waals surface area contributed by atoms with E-state index in [0.29, 0.717) is 0 Å². The molecule has 0 spiro atoms. The van der Waals surface area contributed by atoms with Crippen molar-refractivity contribution < 1.29 is 0 Å². The first kappa shape index (κ1) is 10.7. The molecule has 3 aromatic rings. The molecule has 1 aromatic carbocycles. The van der Waals surface area contributed by atoms with E-state index in [9.17, 15) is 4.79 Å². The van der Waals surface area contributed by atoms with Gasteiger partial charge in [-0.25, -0.2) is 0 Å². The number of rotatable bonds is 1. The van der Waals surface area contributed by atoms with Gasteiger partial charge in [-0.15, -0.1) is 0 Å². The van der Waals surface area contributed by atoms with Crippen molar-refractivity contribution >= 4 is 10.9 Å². The molecule has 0 radical (unpaired) electrons. The molecule has 0 amide bonds. The standard InChI is InChI=1S/C15H12N2O/c1-10-7-8-12-11(4-3-9-16-12)15(10)13-5-2-6-14(18)17-13/h2-9H,1H3,(H,17,18). The van der Waals surface area contributed by atoms with Crippen LogP contribution < -0.4 is 5.56 Å². The quantitative estimate of drug-likeness (QED) is 0.706. The Balaban J connectivity index is 2.41. The lowest BCUT2D eigenvalue weighted by Gasteiger charge is -2.09. The van der Waals surface area contributed by atoms with E-state index in [0.717, 1.165) is 27.7 Å². The van der Waals surface area contributed by atoms with Crippen molar-refractivity contribution in [3.05, 3.63) is 64.6 Å². The lowest BCUT2D eigenvalue weighted by Crippen LogP contribution is -2.04. The zero-order valence-corrected chi connectivity index (χ0v) is 9.97. The van der Waals surface area contributed by atoms with E-state index in [1.807, 2.05) is 37.3 Å². The summed E-state index contributed by atoms with van der Waals surface area (Å²) in [6.45, 7) is 2.03. The topological polar surface area (TPSA) is 45.8 Å². The van der Waals surface area contributed by atoms with Crippen LogP contribution in [0.2, 0.25) is 0 Å². The van der Waals surface area contributed by atoms with Crippen molar-refractivity contribution in [2.75, 3.05) is 0 Å². The largest absolute Gasteiger partial charge is 0.322 e. The second-order valence-corrected chi connectivity index (χ2v) is 4.26. The van der Waals surface area contributed by atoms with Gasteiger partial charge in [0.05, 0.1) is 5.52 Å². The molecule has 2 aromatic heterocycles. The van der Waals surface area contributed by atoms with E-state index in [-0.39, 0.29) is 5.56 Å². The summed E-state index contributed by atoms with van der Waals surface area (Å²) in [7, 11) is 0. The fourth-order valence-electron chi connectivity index (χ4n) is 2.21. The van der Waals surface area contributed by atoms with Crippen LogP contribution in [0, 0.1) is 6.92 Å². The molecule has 3 nitrogen and oxygen atoms in total. The normalized spacial score (nSPS) is 10.7.